The van der Waals surface area contributed by atoms with Crippen LogP contribution in [0, 0.1) is 0 Å². The largest absolute Gasteiger partial charge is 0.481 e. The highest BCUT2D eigenvalue weighted by Crippen LogP contribution is 2.25. The van der Waals surface area contributed by atoms with Crippen LogP contribution in [0.1, 0.15) is 20.3 Å². The standard InChI is InChI=1S/C14H16Cl2N2O5/c1-7(17-8-3-4-9(15)10(16)5-8)12(21)18-14(2,13(22)23)6-11(19)20/h3-5,7,17H,6H2,1-2H3,(H,18,21)(H,19,20)(H,22,23)/t7-,14-/m0/s1. The van der Waals surface area contributed by atoms with Crippen molar-refractivity contribution in [1.82, 2.24) is 5.32 Å². The highest BCUT2D eigenvalue weighted by molar-refractivity contribution is 6.42. The van der Waals surface area contributed by atoms with Gasteiger partial charge < -0.3 is 20.8 Å². The molecule has 4 N–H and O–H groups in total. The van der Waals surface area contributed by atoms with E-state index in [1.807, 2.05) is 0 Å². The third kappa shape index (κ3) is 5.30. The molecule has 0 fully saturated rings. The molecule has 0 saturated heterocycles. The summed E-state index contributed by atoms with van der Waals surface area (Å²) < 4.78 is 0. The summed E-state index contributed by atoms with van der Waals surface area (Å²) in [6.45, 7) is 2.63. The van der Waals surface area contributed by atoms with Crippen LogP contribution >= 0.6 is 23.2 Å². The highest BCUT2D eigenvalue weighted by atomic mass is 35.5. The molecule has 0 spiro atoms. The van der Waals surface area contributed by atoms with Crippen molar-refractivity contribution in [2.75, 3.05) is 5.32 Å². The molecule has 0 unspecified atom stereocenters. The molecule has 1 rings (SSSR count). The predicted octanol–water partition coefficient (Wildman–Crippen LogP) is 2.23. The summed E-state index contributed by atoms with van der Waals surface area (Å²) in [4.78, 5) is 34.1. The van der Waals surface area contributed by atoms with Gasteiger partial charge in [0.05, 0.1) is 16.5 Å². The number of carboxylic acid groups (broad SMARTS) is 2. The average molecular weight is 363 g/mol. The van der Waals surface area contributed by atoms with Gasteiger partial charge in [-0.25, -0.2) is 4.79 Å². The quantitative estimate of drug-likeness (QED) is 0.591. The third-order valence-electron chi connectivity index (χ3n) is 3.07. The zero-order valence-electron chi connectivity index (χ0n) is 12.4. The molecule has 0 aliphatic heterocycles. The fourth-order valence-electron chi connectivity index (χ4n) is 1.76. The number of nitrogens with one attached hydrogen (secondary N) is 2. The van der Waals surface area contributed by atoms with E-state index in [0.29, 0.717) is 15.7 Å². The molecule has 1 aromatic rings. The number of carbonyl (C=O) groups is 3. The lowest BCUT2D eigenvalue weighted by molar-refractivity contribution is -0.152. The van der Waals surface area contributed by atoms with E-state index in [4.69, 9.17) is 33.4 Å². The molecule has 2 atom stereocenters. The maximum absolute atomic E-state index is 12.1. The van der Waals surface area contributed by atoms with Gasteiger partial charge in [-0.05, 0) is 32.0 Å². The second kappa shape index (κ2) is 7.52. The second-order valence-electron chi connectivity index (χ2n) is 5.19. The summed E-state index contributed by atoms with van der Waals surface area (Å²) in [5, 5.41) is 23.6. The number of aliphatic carboxylic acids is 2. The highest BCUT2D eigenvalue weighted by Gasteiger charge is 2.38. The van der Waals surface area contributed by atoms with Gasteiger partial charge in [-0.3, -0.25) is 9.59 Å². The Morgan fingerprint density at radius 3 is 2.30 bits per heavy atom. The van der Waals surface area contributed by atoms with Crippen molar-refractivity contribution in [1.29, 1.82) is 0 Å². The van der Waals surface area contributed by atoms with E-state index in [2.05, 4.69) is 10.6 Å². The van der Waals surface area contributed by atoms with E-state index in [-0.39, 0.29) is 0 Å². The third-order valence-corrected chi connectivity index (χ3v) is 3.81. The molecule has 0 saturated carbocycles. The lowest BCUT2D eigenvalue weighted by Crippen LogP contribution is -2.56. The Bertz CT molecular complexity index is 638. The van der Waals surface area contributed by atoms with Crippen molar-refractivity contribution in [3.05, 3.63) is 28.2 Å². The minimum absolute atomic E-state index is 0.297. The number of benzene rings is 1. The van der Waals surface area contributed by atoms with Crippen molar-refractivity contribution >= 4 is 46.7 Å². The minimum Gasteiger partial charge on any atom is -0.481 e. The molecule has 0 bridgehead atoms. The molecule has 9 heteroatoms. The van der Waals surface area contributed by atoms with Crippen molar-refractivity contribution in [2.45, 2.75) is 31.8 Å². The molecule has 1 amide bonds. The number of amides is 1. The molecular weight excluding hydrogens is 347 g/mol. The van der Waals surface area contributed by atoms with Crippen LogP contribution < -0.4 is 10.6 Å². The van der Waals surface area contributed by atoms with Gasteiger partial charge in [-0.2, -0.15) is 0 Å². The lowest BCUT2D eigenvalue weighted by Gasteiger charge is -2.26. The maximum Gasteiger partial charge on any atom is 0.329 e. The number of anilines is 1. The maximum atomic E-state index is 12.1. The molecule has 0 heterocycles. The molecule has 0 aromatic heterocycles. The van der Waals surface area contributed by atoms with E-state index < -0.39 is 35.8 Å². The van der Waals surface area contributed by atoms with Crippen LogP contribution in [0.15, 0.2) is 18.2 Å². The Hall–Kier alpha value is -1.99. The fraction of sp³-hybridized carbons (Fsp3) is 0.357. The molecule has 7 nitrogen and oxygen atoms in total. The Morgan fingerprint density at radius 2 is 1.83 bits per heavy atom. The fourth-order valence-corrected chi connectivity index (χ4v) is 2.06. The first kappa shape index (κ1) is 19.1. The first-order chi connectivity index (χ1) is 10.5. The van der Waals surface area contributed by atoms with Crippen LogP contribution in [0.3, 0.4) is 0 Å². The van der Waals surface area contributed by atoms with E-state index in [1.165, 1.54) is 13.0 Å². The topological polar surface area (TPSA) is 116 Å². The van der Waals surface area contributed by atoms with Crippen LogP contribution in [0.25, 0.3) is 0 Å². The Balaban J connectivity index is 2.80. The van der Waals surface area contributed by atoms with E-state index >= 15 is 0 Å². The zero-order valence-corrected chi connectivity index (χ0v) is 13.9. The molecule has 0 aliphatic rings. The van der Waals surface area contributed by atoms with Crippen LogP contribution in [0.5, 0.6) is 0 Å². The first-order valence-electron chi connectivity index (χ1n) is 6.54. The first-order valence-corrected chi connectivity index (χ1v) is 7.29. The second-order valence-corrected chi connectivity index (χ2v) is 6.01. The number of halogens is 2. The summed E-state index contributed by atoms with van der Waals surface area (Å²) in [5.74, 6) is -3.43. The summed E-state index contributed by atoms with van der Waals surface area (Å²) in [5.41, 5.74) is -1.39. The van der Waals surface area contributed by atoms with Gasteiger partial charge in [0.1, 0.15) is 11.6 Å². The molecule has 23 heavy (non-hydrogen) atoms. The van der Waals surface area contributed by atoms with Gasteiger partial charge in [0.2, 0.25) is 5.91 Å². The van der Waals surface area contributed by atoms with E-state index in [9.17, 15) is 14.4 Å². The number of hydrogen-bond donors (Lipinski definition) is 4. The molecular formula is C14H16Cl2N2O5. The number of rotatable bonds is 7. The molecule has 1 aromatic carbocycles. The normalized spacial score (nSPS) is 14.4. The van der Waals surface area contributed by atoms with Crippen molar-refractivity contribution in [2.24, 2.45) is 0 Å². The molecule has 126 valence electrons. The average Bonchev–Trinajstić information content (AvgIpc) is 2.41. The van der Waals surface area contributed by atoms with Gasteiger partial charge in [0.25, 0.3) is 0 Å². The Labute approximate surface area is 142 Å². The number of hydrogen-bond acceptors (Lipinski definition) is 4. The van der Waals surface area contributed by atoms with Crippen molar-refractivity contribution in [3.8, 4) is 0 Å². The number of carbonyl (C=O) groups excluding carboxylic acids is 1. The van der Waals surface area contributed by atoms with E-state index in [0.717, 1.165) is 6.92 Å². The van der Waals surface area contributed by atoms with Gasteiger partial charge in [-0.1, -0.05) is 23.2 Å². The van der Waals surface area contributed by atoms with Crippen molar-refractivity contribution in [3.63, 3.8) is 0 Å². The molecule has 0 radical (unpaired) electrons. The summed E-state index contributed by atoms with van der Waals surface area (Å²) in [6.07, 6.45) is -0.742. The summed E-state index contributed by atoms with van der Waals surface area (Å²) in [7, 11) is 0. The van der Waals surface area contributed by atoms with Gasteiger partial charge in [0, 0.05) is 5.69 Å². The minimum atomic E-state index is -1.91. The Morgan fingerprint density at radius 1 is 1.22 bits per heavy atom. The lowest BCUT2D eigenvalue weighted by atomic mass is 9.97. The summed E-state index contributed by atoms with van der Waals surface area (Å²) >= 11 is 11.7. The smallest absolute Gasteiger partial charge is 0.329 e. The SMILES string of the molecule is C[C@H](Nc1ccc(Cl)c(Cl)c1)C(=O)N[C@@](C)(CC(=O)O)C(=O)O. The van der Waals surface area contributed by atoms with Gasteiger partial charge in [0.15, 0.2) is 0 Å². The number of carboxylic acids is 2. The van der Waals surface area contributed by atoms with Crippen LogP contribution in [0.4, 0.5) is 5.69 Å². The van der Waals surface area contributed by atoms with Crippen LogP contribution in [0.2, 0.25) is 10.0 Å². The van der Waals surface area contributed by atoms with Gasteiger partial charge in [-0.15, -0.1) is 0 Å². The van der Waals surface area contributed by atoms with Crippen LogP contribution in [-0.2, 0) is 14.4 Å². The Kier molecular flexibility index (Phi) is 6.23. The molecule has 0 aliphatic carbocycles. The van der Waals surface area contributed by atoms with Crippen molar-refractivity contribution < 1.29 is 24.6 Å². The monoisotopic (exact) mass is 362 g/mol. The van der Waals surface area contributed by atoms with Gasteiger partial charge >= 0.3 is 11.9 Å². The summed E-state index contributed by atoms with van der Waals surface area (Å²) in [6, 6.07) is 3.84. The van der Waals surface area contributed by atoms with Crippen LogP contribution in [-0.4, -0.2) is 39.6 Å². The van der Waals surface area contributed by atoms with E-state index in [1.54, 1.807) is 12.1 Å². The predicted molar refractivity (Wildman–Crippen MR) is 86.0 cm³/mol. The zero-order chi connectivity index (χ0) is 17.8.